The van der Waals surface area contributed by atoms with Gasteiger partial charge in [-0.2, -0.15) is 0 Å². The fourth-order valence-electron chi connectivity index (χ4n) is 7.18. The lowest BCUT2D eigenvalue weighted by molar-refractivity contribution is -0.528. The van der Waals surface area contributed by atoms with Gasteiger partial charge in [-0.05, 0) is 43.0 Å². The molecule has 16 heteroatoms. The van der Waals surface area contributed by atoms with E-state index in [1.54, 1.807) is 11.0 Å². The Hall–Kier alpha value is -4.66. The molecule has 0 unspecified atom stereocenters. The molecule has 1 N–H and O–H groups in total. The molecule has 1 saturated carbocycles. The first-order valence-electron chi connectivity index (χ1n) is 14.8. The Morgan fingerprint density at radius 2 is 1.81 bits per heavy atom. The van der Waals surface area contributed by atoms with Crippen molar-refractivity contribution in [2.45, 2.75) is 42.8 Å². The summed E-state index contributed by atoms with van der Waals surface area (Å²) in [5.74, 6) is -5.17. The Morgan fingerprint density at radius 1 is 1.08 bits per heavy atom. The van der Waals surface area contributed by atoms with E-state index in [9.17, 15) is 34.6 Å². The van der Waals surface area contributed by atoms with Gasteiger partial charge in [-0.25, -0.2) is 9.18 Å². The molecule has 2 aliphatic heterocycles. The van der Waals surface area contributed by atoms with E-state index in [2.05, 4.69) is 5.32 Å². The summed E-state index contributed by atoms with van der Waals surface area (Å²) in [6, 6.07) is 7.29. The molecule has 0 radical (unpaired) electrons. The largest absolute Gasteiger partial charge is 0.496 e. The Morgan fingerprint density at radius 3 is 2.44 bits per heavy atom. The molecule has 3 aromatic rings. The van der Waals surface area contributed by atoms with Gasteiger partial charge in [0, 0.05) is 45.8 Å². The number of ketones is 1. The van der Waals surface area contributed by atoms with Gasteiger partial charge in [0.2, 0.25) is 6.04 Å². The second-order valence-electron chi connectivity index (χ2n) is 11.9. The number of halogens is 3. The number of anilines is 1. The number of ether oxygens (including phenoxy) is 2. The summed E-state index contributed by atoms with van der Waals surface area (Å²) in [5.41, 5.74) is -3.06. The van der Waals surface area contributed by atoms with Crippen molar-refractivity contribution in [2.75, 3.05) is 26.1 Å². The lowest BCUT2D eigenvalue weighted by Crippen LogP contribution is -2.53. The quantitative estimate of drug-likeness (QED) is 0.118. The number of carbonyl (C=O) groups excluding carboxylic acids is 3. The molecule has 0 bridgehead atoms. The number of fused-ring (bicyclic) bond motifs is 2. The number of esters is 1. The maximum atomic E-state index is 16.0. The second kappa shape index (κ2) is 12.4. The number of nitrogens with one attached hydrogen (secondary N) is 1. The maximum absolute atomic E-state index is 16.0. The number of hydrogen-bond acceptors (Lipinski definition) is 10. The van der Waals surface area contributed by atoms with Crippen LogP contribution in [0.4, 0.5) is 15.8 Å². The molecule has 48 heavy (non-hydrogen) atoms. The number of methoxy groups -OCH3 is 2. The average Bonchev–Trinajstić information content (AvgIpc) is 3.77. The van der Waals surface area contributed by atoms with Crippen LogP contribution in [-0.4, -0.2) is 65.3 Å². The summed E-state index contributed by atoms with van der Waals surface area (Å²) in [7, 11) is 2.26. The minimum absolute atomic E-state index is 0.00718. The highest BCUT2D eigenvalue weighted by Gasteiger charge is 2.71. The summed E-state index contributed by atoms with van der Waals surface area (Å²) in [5, 5.41) is 28.1. The summed E-state index contributed by atoms with van der Waals surface area (Å²) >= 11 is 12.4. The number of carbonyl (C=O) groups is 3. The van der Waals surface area contributed by atoms with Gasteiger partial charge in [0.25, 0.3) is 11.6 Å². The average molecular weight is 701 g/mol. The summed E-state index contributed by atoms with van der Waals surface area (Å²) in [6.07, 6.45) is 0.815. The van der Waals surface area contributed by atoms with Crippen LogP contribution in [0.1, 0.15) is 57.0 Å². The highest BCUT2D eigenvalue weighted by Crippen LogP contribution is 2.60. The summed E-state index contributed by atoms with van der Waals surface area (Å²) < 4.78 is 25.9. The van der Waals surface area contributed by atoms with Gasteiger partial charge >= 0.3 is 5.97 Å². The number of amides is 1. The zero-order chi connectivity index (χ0) is 34.7. The molecule has 0 aromatic heterocycles. The molecule has 250 valence electrons. The van der Waals surface area contributed by atoms with E-state index in [-0.39, 0.29) is 45.1 Å². The Balaban J connectivity index is 1.58. The van der Waals surface area contributed by atoms with Crippen LogP contribution in [0.15, 0.2) is 48.5 Å². The van der Waals surface area contributed by atoms with Crippen LogP contribution in [0, 0.1) is 32.0 Å². The van der Waals surface area contributed by atoms with E-state index in [0.717, 1.165) is 32.1 Å². The van der Waals surface area contributed by atoms with E-state index in [0.29, 0.717) is 5.56 Å². The van der Waals surface area contributed by atoms with E-state index >= 15 is 4.39 Å². The molecule has 2 heterocycles. The van der Waals surface area contributed by atoms with Crippen LogP contribution in [0.25, 0.3) is 0 Å². The highest BCUT2D eigenvalue weighted by molar-refractivity contribution is 6.31. The van der Waals surface area contributed by atoms with E-state index in [1.807, 2.05) is 0 Å². The smallest absolute Gasteiger partial charge is 0.341 e. The standard InChI is InChI=1S/C32H27Cl2FN4O9/c1-47-26-12-18(23(38(43)44)11-19(26)30(41)48-2)25(40)13-24-29(39(45)46)27(17-4-3-5-21(34)28(17)35)32(37(24)14-15-6-7-15)20-9-8-16(33)10-22(20)36-31(32)42/h3-5,8-12,15,24,27,29H,6-7,13-14H2,1-2H3,(H,36,42)/t24-,27-,29+,32+/m0/s1. The first-order valence-corrected chi connectivity index (χ1v) is 15.5. The van der Waals surface area contributed by atoms with E-state index < -0.39 is 74.5 Å². The van der Waals surface area contributed by atoms with Crippen LogP contribution >= 0.6 is 23.2 Å². The van der Waals surface area contributed by atoms with Crippen LogP contribution in [0.3, 0.4) is 0 Å². The topological polar surface area (TPSA) is 171 Å². The molecule has 3 aromatic carbocycles. The van der Waals surface area contributed by atoms with E-state index in [4.69, 9.17) is 32.7 Å². The third-order valence-corrected chi connectivity index (χ3v) is 9.88. The van der Waals surface area contributed by atoms with Crippen molar-refractivity contribution in [3.8, 4) is 5.75 Å². The van der Waals surface area contributed by atoms with Crippen LogP contribution in [-0.2, 0) is 15.1 Å². The Labute approximate surface area is 282 Å². The first-order chi connectivity index (χ1) is 22.8. The minimum atomic E-state index is -1.89. The third kappa shape index (κ3) is 5.24. The van der Waals surface area contributed by atoms with Gasteiger partial charge in [-0.1, -0.05) is 41.4 Å². The fourth-order valence-corrected chi connectivity index (χ4v) is 7.54. The van der Waals surface area contributed by atoms with Crippen molar-refractivity contribution in [2.24, 2.45) is 5.92 Å². The van der Waals surface area contributed by atoms with Crippen LogP contribution in [0.2, 0.25) is 10.0 Å². The molecule has 1 amide bonds. The van der Waals surface area contributed by atoms with Crippen molar-refractivity contribution in [3.05, 3.63) is 107 Å². The minimum Gasteiger partial charge on any atom is -0.496 e. The van der Waals surface area contributed by atoms with Gasteiger partial charge in [-0.3, -0.25) is 34.7 Å². The number of nitrogens with zero attached hydrogens (tertiary/aromatic N) is 3. The molecule has 2 fully saturated rings. The molecule has 1 spiro atoms. The predicted octanol–water partition coefficient (Wildman–Crippen LogP) is 5.78. The lowest BCUT2D eigenvalue weighted by atomic mass is 9.73. The highest BCUT2D eigenvalue weighted by atomic mass is 35.5. The number of hydrogen-bond donors (Lipinski definition) is 1. The number of nitro benzene ring substituents is 1. The molecule has 4 atom stereocenters. The van der Waals surface area contributed by atoms with E-state index in [1.165, 1.54) is 37.4 Å². The third-order valence-electron chi connectivity index (χ3n) is 9.35. The van der Waals surface area contributed by atoms with Gasteiger partial charge in [-0.15, -0.1) is 0 Å². The maximum Gasteiger partial charge on any atom is 0.341 e. The predicted molar refractivity (Wildman–Crippen MR) is 170 cm³/mol. The van der Waals surface area contributed by atoms with Crippen LogP contribution < -0.4 is 10.1 Å². The van der Waals surface area contributed by atoms with Crippen molar-refractivity contribution in [1.29, 1.82) is 0 Å². The number of rotatable bonds is 10. The normalized spacial score (nSPS) is 23.1. The molecular weight excluding hydrogens is 674 g/mol. The monoisotopic (exact) mass is 700 g/mol. The number of likely N-dealkylation sites (tertiary alicyclic amines) is 1. The summed E-state index contributed by atoms with van der Waals surface area (Å²) in [4.78, 5) is 66.3. The SMILES string of the molecule is COC(=O)c1cc([N+](=O)[O-])c(C(=O)C[C@H]2[C@@H]([N+](=O)[O-])[C@H](c3cccc(Cl)c3F)[C@]3(C(=O)Nc4cc(Cl)ccc43)N2CC2CC2)cc1OC. The van der Waals surface area contributed by atoms with Crippen molar-refractivity contribution in [3.63, 3.8) is 0 Å². The first kappa shape index (κ1) is 33.2. The Bertz CT molecular complexity index is 1910. The molecular formula is C32H27Cl2FN4O9. The van der Waals surface area contributed by atoms with Crippen molar-refractivity contribution < 1.29 is 38.1 Å². The molecule has 13 nitrogen and oxygen atoms in total. The summed E-state index contributed by atoms with van der Waals surface area (Å²) in [6.45, 7) is 0.128. The lowest BCUT2D eigenvalue weighted by Gasteiger charge is -2.38. The van der Waals surface area contributed by atoms with Crippen LogP contribution in [0.5, 0.6) is 5.75 Å². The molecule has 1 aliphatic carbocycles. The number of nitro groups is 2. The Kier molecular flexibility index (Phi) is 8.60. The molecule has 1 saturated heterocycles. The zero-order valence-corrected chi connectivity index (χ0v) is 26.9. The second-order valence-corrected chi connectivity index (χ2v) is 12.8. The number of Topliss-reactive ketones (excluding diaryl/α,β-unsaturated/α-hetero) is 1. The van der Waals surface area contributed by atoms with Gasteiger partial charge in [0.05, 0.1) is 41.7 Å². The zero-order valence-electron chi connectivity index (χ0n) is 25.4. The molecule has 3 aliphatic rings. The van der Waals surface area contributed by atoms with Gasteiger partial charge in [0.15, 0.2) is 5.78 Å². The van der Waals surface area contributed by atoms with Gasteiger partial charge in [0.1, 0.15) is 22.7 Å². The molecule has 6 rings (SSSR count). The number of benzene rings is 3. The van der Waals surface area contributed by atoms with Crippen molar-refractivity contribution in [1.82, 2.24) is 4.90 Å². The van der Waals surface area contributed by atoms with Gasteiger partial charge < -0.3 is 14.8 Å². The van der Waals surface area contributed by atoms with Crippen molar-refractivity contribution >= 4 is 52.2 Å². The fraction of sp³-hybridized carbons (Fsp3) is 0.344.